The van der Waals surface area contributed by atoms with Crippen molar-refractivity contribution in [2.45, 2.75) is 0 Å². The number of nitrogens with one attached hydrogen (secondary N) is 1. The Bertz CT molecular complexity index is 404. The van der Waals surface area contributed by atoms with Gasteiger partial charge in [-0.3, -0.25) is 25.5 Å². The molecule has 5 nitrogen and oxygen atoms in total. The molecule has 1 amide bonds. The first-order valence-corrected chi connectivity index (χ1v) is 5.49. The van der Waals surface area contributed by atoms with Crippen LogP contribution in [0.2, 0.25) is 0 Å². The summed E-state index contributed by atoms with van der Waals surface area (Å²) in [4.78, 5) is 11.2. The third-order valence-electron chi connectivity index (χ3n) is 1.39. The quantitative estimate of drug-likeness (QED) is 0.631. The van der Waals surface area contributed by atoms with E-state index in [2.05, 4.69) is 0 Å². The van der Waals surface area contributed by atoms with Crippen molar-refractivity contribution in [1.82, 2.24) is 5.09 Å². The van der Waals surface area contributed by atoms with E-state index in [9.17, 15) is 13.8 Å². The van der Waals surface area contributed by atoms with E-state index in [1.165, 1.54) is 18.2 Å². The first-order valence-electron chi connectivity index (χ1n) is 3.64. The molecule has 0 aliphatic heterocycles. The van der Waals surface area contributed by atoms with E-state index in [0.29, 0.717) is 0 Å². The zero-order valence-electron chi connectivity index (χ0n) is 7.11. The van der Waals surface area contributed by atoms with Crippen LogP contribution in [0.15, 0.2) is 24.3 Å². The summed E-state index contributed by atoms with van der Waals surface area (Å²) in [5, 5.41) is 1.81. The minimum absolute atomic E-state index is 0.247. The van der Waals surface area contributed by atoms with Crippen LogP contribution in [-0.2, 0) is 4.57 Å². The Morgan fingerprint density at radius 3 is 2.43 bits per heavy atom. The number of carbonyl (C=O) groups is 1. The van der Waals surface area contributed by atoms with Gasteiger partial charge in [0.2, 0.25) is 0 Å². The van der Waals surface area contributed by atoms with Gasteiger partial charge < -0.3 is 0 Å². The van der Waals surface area contributed by atoms with Gasteiger partial charge in [0.1, 0.15) is 5.82 Å². The van der Waals surface area contributed by atoms with Gasteiger partial charge in [-0.15, -0.1) is 0 Å². The Labute approximate surface area is 79.8 Å². The molecule has 0 spiro atoms. The van der Waals surface area contributed by atoms with Gasteiger partial charge in [-0.2, -0.15) is 0 Å². The lowest BCUT2D eigenvalue weighted by molar-refractivity contribution is 0.0976. The monoisotopic (exact) mass is 217 g/mol. The van der Waals surface area contributed by atoms with E-state index >= 15 is 0 Å². The van der Waals surface area contributed by atoms with E-state index < -0.39 is 19.3 Å². The molecule has 0 heterocycles. The summed E-state index contributed by atoms with van der Waals surface area (Å²) in [6.45, 7) is 0. The van der Waals surface area contributed by atoms with Crippen molar-refractivity contribution in [3.05, 3.63) is 35.6 Å². The molecular weight excluding hydrogens is 208 g/mol. The Morgan fingerprint density at radius 2 is 1.93 bits per heavy atom. The van der Waals surface area contributed by atoms with Crippen LogP contribution in [0.1, 0.15) is 10.4 Å². The van der Waals surface area contributed by atoms with Gasteiger partial charge in [0.15, 0.2) is 0 Å². The Balaban J connectivity index is 2.91. The summed E-state index contributed by atoms with van der Waals surface area (Å²) < 4.78 is 23.8. The first kappa shape index (κ1) is 10.8. The summed E-state index contributed by atoms with van der Waals surface area (Å²) in [7, 11) is -3.67. The number of carbonyl (C=O) groups excluding carboxylic acids is 1. The molecule has 0 aromatic heterocycles. The zero-order chi connectivity index (χ0) is 10.8. The summed E-state index contributed by atoms with van der Waals surface area (Å²) in [5.74, 6) is -1.62. The zero-order valence-corrected chi connectivity index (χ0v) is 8.00. The molecule has 0 radical (unpaired) electrons. The number of benzene rings is 1. The molecule has 0 bridgehead atoms. The van der Waals surface area contributed by atoms with Crippen LogP contribution in [0, 0.1) is 5.82 Å². The van der Waals surface area contributed by atoms with Gasteiger partial charge in [-0.1, -0.05) is 12.1 Å². The van der Waals surface area contributed by atoms with Gasteiger partial charge in [0, 0.05) is 0 Å². The van der Waals surface area contributed by atoms with Gasteiger partial charge in [0.05, 0.1) is 5.56 Å². The normalized spacial score (nSPS) is 11.1. The molecule has 0 saturated carbocycles. The molecule has 76 valence electrons. The minimum atomic E-state index is -3.67. The number of hydrogen-bond acceptors (Lipinski definition) is 2. The molecule has 5 N–H and O–H groups in total. The highest BCUT2D eigenvalue weighted by Gasteiger charge is 2.17. The van der Waals surface area contributed by atoms with Crippen LogP contribution in [-0.4, -0.2) is 5.91 Å². The molecule has 0 fully saturated rings. The van der Waals surface area contributed by atoms with Crippen LogP contribution in [0.5, 0.6) is 0 Å². The average molecular weight is 217 g/mol. The fraction of sp³-hybridized carbons (Fsp3) is 0. The second kappa shape index (κ2) is 3.88. The molecule has 0 unspecified atom stereocenters. The van der Waals surface area contributed by atoms with Gasteiger partial charge >= 0.3 is 7.59 Å². The molecule has 14 heavy (non-hydrogen) atoms. The fourth-order valence-electron chi connectivity index (χ4n) is 0.864. The Morgan fingerprint density at radius 1 is 1.36 bits per heavy atom. The summed E-state index contributed by atoms with van der Waals surface area (Å²) in [5.41, 5.74) is 9.56. The van der Waals surface area contributed by atoms with Crippen LogP contribution in [0.25, 0.3) is 0 Å². The van der Waals surface area contributed by atoms with Crippen molar-refractivity contribution in [2.24, 2.45) is 11.0 Å². The lowest BCUT2D eigenvalue weighted by Crippen LogP contribution is -2.28. The maximum Gasteiger partial charge on any atom is 0.300 e. The molecule has 0 saturated heterocycles. The summed E-state index contributed by atoms with van der Waals surface area (Å²) in [6, 6.07) is 5.24. The second-order valence-electron chi connectivity index (χ2n) is 2.63. The SMILES string of the molecule is NP(N)(=O)NC(=O)c1ccccc1F. The van der Waals surface area contributed by atoms with Crippen LogP contribution < -0.4 is 16.1 Å². The van der Waals surface area contributed by atoms with Gasteiger partial charge in [-0.05, 0) is 12.1 Å². The molecule has 1 aromatic rings. The van der Waals surface area contributed by atoms with Crippen molar-refractivity contribution in [3.8, 4) is 0 Å². The molecule has 0 atom stereocenters. The van der Waals surface area contributed by atoms with Crippen LogP contribution in [0.4, 0.5) is 4.39 Å². The smallest absolute Gasteiger partial charge is 0.279 e. The first-order chi connectivity index (χ1) is 6.40. The maximum atomic E-state index is 13.0. The number of nitrogens with two attached hydrogens (primary N) is 2. The lowest BCUT2D eigenvalue weighted by atomic mass is 10.2. The number of amides is 1. The molecule has 7 heteroatoms. The van der Waals surface area contributed by atoms with Gasteiger partial charge in [-0.25, -0.2) is 4.39 Å². The second-order valence-corrected chi connectivity index (χ2v) is 4.27. The maximum absolute atomic E-state index is 13.0. The number of halogens is 1. The van der Waals surface area contributed by atoms with E-state index in [0.717, 1.165) is 6.07 Å². The molecule has 0 aliphatic carbocycles. The standard InChI is InChI=1S/C7H9FN3O2P/c8-6-4-2-1-3-5(6)7(12)11-14(9,10)13/h1-4H,(H5,9,10,11,12,13). The minimum Gasteiger partial charge on any atom is -0.279 e. The van der Waals surface area contributed by atoms with Gasteiger partial charge in [0.25, 0.3) is 5.91 Å². The van der Waals surface area contributed by atoms with Crippen molar-refractivity contribution < 1.29 is 13.8 Å². The predicted octanol–water partition coefficient (Wildman–Crippen LogP) is 0.581. The predicted molar refractivity (Wildman–Crippen MR) is 49.8 cm³/mol. The summed E-state index contributed by atoms with van der Waals surface area (Å²) in [6.07, 6.45) is 0. The highest BCUT2D eigenvalue weighted by atomic mass is 31.2. The average Bonchev–Trinajstić information content (AvgIpc) is 2.01. The molecule has 1 aromatic carbocycles. The largest absolute Gasteiger partial charge is 0.300 e. The summed E-state index contributed by atoms with van der Waals surface area (Å²) >= 11 is 0. The highest BCUT2D eigenvalue weighted by Crippen LogP contribution is 2.19. The van der Waals surface area contributed by atoms with Crippen molar-refractivity contribution in [1.29, 1.82) is 0 Å². The highest BCUT2D eigenvalue weighted by molar-refractivity contribution is 7.57. The van der Waals surface area contributed by atoms with Crippen molar-refractivity contribution >= 4 is 13.5 Å². The molecule has 1 rings (SSSR count). The van der Waals surface area contributed by atoms with E-state index in [1.807, 2.05) is 5.09 Å². The lowest BCUT2D eigenvalue weighted by Gasteiger charge is -2.08. The van der Waals surface area contributed by atoms with E-state index in [1.54, 1.807) is 0 Å². The van der Waals surface area contributed by atoms with Crippen molar-refractivity contribution in [3.63, 3.8) is 0 Å². The molecular formula is C7H9FN3O2P. The van der Waals surface area contributed by atoms with E-state index in [4.69, 9.17) is 11.0 Å². The third kappa shape index (κ3) is 2.92. The van der Waals surface area contributed by atoms with Crippen molar-refractivity contribution in [2.75, 3.05) is 0 Å². The molecule has 0 aliphatic rings. The van der Waals surface area contributed by atoms with Crippen LogP contribution in [0.3, 0.4) is 0 Å². The number of hydrogen-bond donors (Lipinski definition) is 3. The third-order valence-corrected chi connectivity index (χ3v) is 1.95. The van der Waals surface area contributed by atoms with Crippen LogP contribution >= 0.6 is 7.59 Å². The Kier molecular flexibility index (Phi) is 3.00. The number of rotatable bonds is 2. The van der Waals surface area contributed by atoms with E-state index in [-0.39, 0.29) is 5.56 Å². The Hall–Kier alpha value is -1.23. The topological polar surface area (TPSA) is 98.2 Å². The fourth-order valence-corrected chi connectivity index (χ4v) is 1.30.